The van der Waals surface area contributed by atoms with E-state index in [-0.39, 0.29) is 48.4 Å². The number of H-pyrrole nitrogens is 1. The van der Waals surface area contributed by atoms with Crippen molar-refractivity contribution in [3.63, 3.8) is 0 Å². The number of nitro benzene ring substituents is 3. The quantitative estimate of drug-likeness (QED) is 0.0138. The number of aromatic amines is 1. The first-order valence-electron chi connectivity index (χ1n) is 22.7. The molecule has 0 saturated heterocycles. The highest BCUT2D eigenvalue weighted by Crippen LogP contribution is 2.28. The summed E-state index contributed by atoms with van der Waals surface area (Å²) in [5, 5.41) is 73.2. The van der Waals surface area contributed by atoms with Crippen molar-refractivity contribution in [2.45, 2.75) is 40.6 Å². The molecule has 0 bridgehead atoms. The molecule has 0 aliphatic carbocycles. The molecule has 1 heterocycles. The second-order valence-corrected chi connectivity index (χ2v) is 18.9. The third-order valence-corrected chi connectivity index (χ3v) is 13.5. The Balaban J connectivity index is 0.000000229. The minimum absolute atomic E-state index is 0.0134. The molecule has 0 fully saturated rings. The highest BCUT2D eigenvalue weighted by Gasteiger charge is 2.13. The molecule has 7 aromatic rings. The van der Waals surface area contributed by atoms with Gasteiger partial charge in [-0.2, -0.15) is 5.10 Å². The summed E-state index contributed by atoms with van der Waals surface area (Å²) in [5.41, 5.74) is 15.9. The molecule has 0 saturated carbocycles. The second kappa shape index (κ2) is 30.3. The molecule has 1 aromatic heterocycles. The first-order valence-corrected chi connectivity index (χ1v) is 26.3. The van der Waals surface area contributed by atoms with Gasteiger partial charge in [-0.05, 0) is 128 Å². The maximum absolute atomic E-state index is 12.4. The van der Waals surface area contributed by atoms with E-state index >= 15 is 0 Å². The van der Waals surface area contributed by atoms with Gasteiger partial charge in [-0.1, -0.05) is 36.4 Å². The zero-order valence-corrected chi connectivity index (χ0v) is 44.6. The van der Waals surface area contributed by atoms with Crippen LogP contribution < -0.4 is 16.4 Å². The zero-order chi connectivity index (χ0) is 55.9. The maximum atomic E-state index is 12.4. The number of aliphatic hydroxyl groups excluding tert-OH is 3. The van der Waals surface area contributed by atoms with Crippen LogP contribution >= 0.6 is 35.3 Å². The van der Waals surface area contributed by atoms with E-state index < -0.39 is 14.8 Å². The summed E-state index contributed by atoms with van der Waals surface area (Å²) in [6.07, 6.45) is 8.62. The van der Waals surface area contributed by atoms with E-state index in [1.54, 1.807) is 18.2 Å². The van der Waals surface area contributed by atoms with Gasteiger partial charge in [0.05, 0.1) is 45.3 Å². The third-order valence-electron chi connectivity index (χ3n) is 10.8. The summed E-state index contributed by atoms with van der Waals surface area (Å²) >= 11 is 4.37. The number of nitrogen functional groups attached to an aromatic ring is 1. The van der Waals surface area contributed by atoms with Crippen LogP contribution in [0.25, 0.3) is 11.3 Å². The molecule has 19 nitrogen and oxygen atoms in total. The Hall–Kier alpha value is -8.12. The number of nitrogens with one attached hydrogen (secondary N) is 3. The Labute approximate surface area is 451 Å². The Kier molecular flexibility index (Phi) is 24.1. The number of nitro groups is 3. The van der Waals surface area contributed by atoms with Crippen LogP contribution in [-0.4, -0.2) is 70.6 Å². The Morgan fingerprint density at radius 3 is 1.43 bits per heavy atom. The number of carbonyl (C=O) groups excluding carboxylic acids is 2. The van der Waals surface area contributed by atoms with Crippen molar-refractivity contribution >= 4 is 86.8 Å². The Morgan fingerprint density at radius 1 is 0.579 bits per heavy atom. The molecule has 0 unspecified atom stereocenters. The van der Waals surface area contributed by atoms with E-state index in [0.717, 1.165) is 65.9 Å². The summed E-state index contributed by atoms with van der Waals surface area (Å²) in [4.78, 5) is 54.5. The number of benzene rings is 6. The van der Waals surface area contributed by atoms with Gasteiger partial charge in [0.15, 0.2) is 17.4 Å². The fourth-order valence-electron chi connectivity index (χ4n) is 6.39. The molecule has 22 heteroatoms. The number of hydrogen-bond acceptors (Lipinski definition) is 18. The molecule has 0 atom stereocenters. The van der Waals surface area contributed by atoms with E-state index in [1.165, 1.54) is 108 Å². The van der Waals surface area contributed by atoms with Crippen molar-refractivity contribution in [2.24, 2.45) is 0 Å². The fourth-order valence-corrected chi connectivity index (χ4v) is 7.95. The van der Waals surface area contributed by atoms with Crippen LogP contribution in [0, 0.1) is 51.1 Å². The normalized spacial score (nSPS) is 10.5. The molecule has 76 heavy (non-hydrogen) atoms. The SMILES string of the molecule is CS/C(=C\C(=O)c1ccc([N+](=O)[O-])cc1)Nc1cc(CO)ccc1C.CSC(=CC(=O)c1ccc([N+](=O)[O-])cc1)SC.Cc1ccc(CO)cc1N.Cc1ccc(CO)cc1Nc1cc(-c2ccc([N+](=O)[O-])cc2)[nH]n1. The number of nitrogens with zero attached hydrogens (tertiary/aromatic N) is 4. The number of aliphatic hydroxyl groups is 3. The molecule has 0 spiro atoms. The second-order valence-electron chi connectivity index (χ2n) is 16.1. The van der Waals surface area contributed by atoms with E-state index in [9.17, 15) is 50.1 Å². The van der Waals surface area contributed by atoms with Crippen LogP contribution in [-0.2, 0) is 19.8 Å². The van der Waals surface area contributed by atoms with Gasteiger partial charge in [0.1, 0.15) is 0 Å². The van der Waals surface area contributed by atoms with Crippen LogP contribution in [0.4, 0.5) is 39.9 Å². The van der Waals surface area contributed by atoms with Crippen molar-refractivity contribution in [3.8, 4) is 11.3 Å². The minimum Gasteiger partial charge on any atom is -0.399 e. The molecule has 6 aromatic carbocycles. The molecule has 8 N–H and O–H groups in total. The zero-order valence-electron chi connectivity index (χ0n) is 42.2. The molecule has 0 aliphatic rings. The van der Waals surface area contributed by atoms with Gasteiger partial charge in [-0.25, -0.2) is 0 Å². The van der Waals surface area contributed by atoms with Crippen LogP contribution in [0.1, 0.15) is 54.1 Å². The van der Waals surface area contributed by atoms with Gasteiger partial charge in [-0.15, -0.1) is 35.3 Å². The number of carbonyl (C=O) groups is 2. The number of rotatable bonds is 18. The number of thioether (sulfide) groups is 3. The van der Waals surface area contributed by atoms with E-state index in [0.29, 0.717) is 22.0 Å². The summed E-state index contributed by atoms with van der Waals surface area (Å²) in [6, 6.07) is 36.0. The summed E-state index contributed by atoms with van der Waals surface area (Å²) in [7, 11) is 0. The predicted octanol–water partition coefficient (Wildman–Crippen LogP) is 11.8. The van der Waals surface area contributed by atoms with Gasteiger partial charge >= 0.3 is 0 Å². The molecular formula is C54H56N8O11S3. The summed E-state index contributed by atoms with van der Waals surface area (Å²) in [6.45, 7) is 5.81. The van der Waals surface area contributed by atoms with E-state index in [2.05, 4.69) is 20.8 Å². The smallest absolute Gasteiger partial charge is 0.269 e. The molecule has 7 rings (SSSR count). The van der Waals surface area contributed by atoms with E-state index in [4.69, 9.17) is 10.8 Å². The number of aryl methyl sites for hydroxylation is 3. The van der Waals surface area contributed by atoms with Gasteiger partial charge in [0.25, 0.3) is 17.1 Å². The lowest BCUT2D eigenvalue weighted by molar-refractivity contribution is -0.385. The summed E-state index contributed by atoms with van der Waals surface area (Å²) < 4.78 is 0.911. The first kappa shape index (κ1) is 60.4. The Morgan fingerprint density at radius 2 is 1.00 bits per heavy atom. The number of aromatic nitrogens is 2. The average molecular weight is 1090 g/mol. The number of nitrogens with two attached hydrogens (primary N) is 1. The fraction of sp³-hybridized carbons (Fsp3) is 0.167. The molecular weight excluding hydrogens is 1030 g/mol. The molecule has 0 radical (unpaired) electrons. The van der Waals surface area contributed by atoms with Crippen LogP contribution in [0.5, 0.6) is 0 Å². The number of ketones is 2. The van der Waals surface area contributed by atoms with Crippen molar-refractivity contribution < 1.29 is 39.7 Å². The van der Waals surface area contributed by atoms with Gasteiger partial charge in [0.2, 0.25) is 0 Å². The topological polar surface area (TPSA) is 303 Å². The highest BCUT2D eigenvalue weighted by molar-refractivity contribution is 8.21. The largest absolute Gasteiger partial charge is 0.399 e. The standard InChI is InChI=1S/C18H18N2O4S.C17H16N4O3.C11H11NO3S2.C8H11NO/c1-12-3-4-13(11-21)9-16(12)19-18(25-2)10-17(22)14-5-7-15(8-6-14)20(23)24;1-11-2-3-12(10-22)8-15(11)18-17-9-16(19-20-17)13-4-6-14(7-5-13)21(23)24;1-16-11(17-2)7-10(13)8-3-5-9(6-4-8)12(14)15;1-6-2-3-7(5-10)4-8(6)9/h3-10,19,21H,11H2,1-2H3;2-9,22H,10H2,1H3,(H2,18,19,20);3-7H,1-2H3;2-4,10H,5,9H2,1H3/b18-10-;;;. The van der Waals surface area contributed by atoms with Gasteiger partial charge in [-0.3, -0.25) is 45.0 Å². The van der Waals surface area contributed by atoms with Crippen LogP contribution in [0.15, 0.2) is 155 Å². The number of non-ortho nitro benzene ring substituents is 3. The van der Waals surface area contributed by atoms with Gasteiger partial charge in [0, 0.05) is 92.6 Å². The first-order chi connectivity index (χ1) is 36.3. The van der Waals surface area contributed by atoms with Crippen molar-refractivity contribution in [1.29, 1.82) is 0 Å². The lowest BCUT2D eigenvalue weighted by Gasteiger charge is -2.12. The number of allylic oxidation sites excluding steroid dienone is 2. The Bertz CT molecular complexity index is 3180. The monoisotopic (exact) mass is 1090 g/mol. The summed E-state index contributed by atoms with van der Waals surface area (Å²) in [5.74, 6) is 0.239. The highest BCUT2D eigenvalue weighted by atomic mass is 32.2. The lowest BCUT2D eigenvalue weighted by atomic mass is 10.1. The number of hydrogen-bond donors (Lipinski definition) is 7. The van der Waals surface area contributed by atoms with Crippen LogP contribution in [0.2, 0.25) is 0 Å². The molecule has 0 aliphatic heterocycles. The van der Waals surface area contributed by atoms with E-state index in [1.807, 2.05) is 94.1 Å². The van der Waals surface area contributed by atoms with Crippen molar-refractivity contribution in [2.75, 3.05) is 35.1 Å². The molecule has 0 amide bonds. The average Bonchev–Trinajstić information content (AvgIpc) is 3.90. The lowest BCUT2D eigenvalue weighted by Crippen LogP contribution is -2.03. The minimum atomic E-state index is -0.504. The third kappa shape index (κ3) is 18.7. The van der Waals surface area contributed by atoms with Crippen molar-refractivity contribution in [1.82, 2.24) is 10.2 Å². The maximum Gasteiger partial charge on any atom is 0.269 e. The van der Waals surface area contributed by atoms with Crippen LogP contribution in [0.3, 0.4) is 0 Å². The van der Waals surface area contributed by atoms with Crippen molar-refractivity contribution in [3.05, 3.63) is 230 Å². The number of anilines is 4. The molecule has 396 valence electrons. The predicted molar refractivity (Wildman–Crippen MR) is 305 cm³/mol. The van der Waals surface area contributed by atoms with Gasteiger partial charge < -0.3 is 31.7 Å².